The van der Waals surface area contributed by atoms with Crippen molar-refractivity contribution in [3.63, 3.8) is 0 Å². The van der Waals surface area contributed by atoms with E-state index in [1.54, 1.807) is 0 Å². The molecule has 0 saturated heterocycles. The average molecular weight is 205 g/mol. The van der Waals surface area contributed by atoms with Crippen LogP contribution in [0.25, 0.3) is 0 Å². The fourth-order valence-corrected chi connectivity index (χ4v) is 1.10. The van der Waals surface area contributed by atoms with Gasteiger partial charge in [0.1, 0.15) is 11.6 Å². The maximum atomic E-state index is 12.8. The smallest absolute Gasteiger partial charge is 0.257 e. The van der Waals surface area contributed by atoms with Gasteiger partial charge in [-0.05, 0) is 13.0 Å². The van der Waals surface area contributed by atoms with Crippen LogP contribution in [0.5, 0.6) is 5.75 Å². The number of phenols is 1. The van der Waals surface area contributed by atoms with Gasteiger partial charge in [0, 0.05) is 11.1 Å². The predicted octanol–water partition coefficient (Wildman–Crippen LogP) is 2.10. The van der Waals surface area contributed by atoms with Crippen LogP contribution in [-0.2, 0) is 0 Å². The first-order valence-corrected chi connectivity index (χ1v) is 3.97. The number of aromatic hydroxyl groups is 1. The van der Waals surface area contributed by atoms with Gasteiger partial charge in [0.15, 0.2) is 0 Å². The van der Waals surface area contributed by atoms with Gasteiger partial charge in [-0.3, -0.25) is 0 Å². The zero-order valence-electron chi connectivity index (χ0n) is 7.47. The summed E-state index contributed by atoms with van der Waals surface area (Å²) in [6, 6.07) is 0.482. The van der Waals surface area contributed by atoms with E-state index in [-0.39, 0.29) is 11.1 Å². The highest BCUT2D eigenvalue weighted by Crippen LogP contribution is 2.30. The molecule has 1 aromatic carbocycles. The Hall–Kier alpha value is -1.23. The van der Waals surface area contributed by atoms with Crippen molar-refractivity contribution in [2.24, 2.45) is 5.73 Å². The highest BCUT2D eigenvalue weighted by Gasteiger charge is 2.22. The van der Waals surface area contributed by atoms with Crippen LogP contribution in [0.4, 0.5) is 13.2 Å². The summed E-state index contributed by atoms with van der Waals surface area (Å²) >= 11 is 0. The lowest BCUT2D eigenvalue weighted by atomic mass is 10.0. The lowest BCUT2D eigenvalue weighted by Crippen LogP contribution is -2.19. The Morgan fingerprint density at radius 1 is 1.36 bits per heavy atom. The number of nitrogens with two attached hydrogens (primary N) is 1. The van der Waals surface area contributed by atoms with E-state index in [4.69, 9.17) is 5.73 Å². The van der Waals surface area contributed by atoms with E-state index in [1.807, 2.05) is 0 Å². The maximum absolute atomic E-state index is 12.8. The highest BCUT2D eigenvalue weighted by molar-refractivity contribution is 5.42. The van der Waals surface area contributed by atoms with Crippen molar-refractivity contribution in [1.29, 1.82) is 0 Å². The summed E-state index contributed by atoms with van der Waals surface area (Å²) in [7, 11) is 0. The molecule has 1 aromatic rings. The molecule has 0 aliphatic rings. The van der Waals surface area contributed by atoms with Gasteiger partial charge < -0.3 is 10.8 Å². The van der Waals surface area contributed by atoms with E-state index < -0.39 is 24.0 Å². The van der Waals surface area contributed by atoms with Crippen LogP contribution in [0.2, 0.25) is 0 Å². The number of hydrogen-bond donors (Lipinski definition) is 2. The molecule has 0 spiro atoms. The summed E-state index contributed by atoms with van der Waals surface area (Å²) in [4.78, 5) is 0. The predicted molar refractivity (Wildman–Crippen MR) is 45.7 cm³/mol. The standard InChI is InChI=1S/C9H10F3NO/c1-4-6(10)3-2-5(8(4)14)7(13)9(11)12/h2-3,7,9,14H,13H2,1H3. The van der Waals surface area contributed by atoms with Crippen molar-refractivity contribution in [3.8, 4) is 5.75 Å². The summed E-state index contributed by atoms with van der Waals surface area (Å²) in [5.74, 6) is -1.15. The van der Waals surface area contributed by atoms with Crippen LogP contribution in [0, 0.1) is 12.7 Å². The second-order valence-electron chi connectivity index (χ2n) is 2.97. The summed E-state index contributed by atoms with van der Waals surface area (Å²) < 4.78 is 37.2. The third kappa shape index (κ3) is 1.82. The van der Waals surface area contributed by atoms with Crippen LogP contribution in [-0.4, -0.2) is 11.5 Å². The highest BCUT2D eigenvalue weighted by atomic mass is 19.3. The van der Waals surface area contributed by atoms with E-state index in [2.05, 4.69) is 0 Å². The Morgan fingerprint density at radius 2 is 1.93 bits per heavy atom. The fraction of sp³-hybridized carbons (Fsp3) is 0.333. The lowest BCUT2D eigenvalue weighted by molar-refractivity contribution is 0.115. The quantitative estimate of drug-likeness (QED) is 0.776. The third-order valence-corrected chi connectivity index (χ3v) is 2.03. The van der Waals surface area contributed by atoms with Crippen LogP contribution in [0.15, 0.2) is 12.1 Å². The first-order valence-electron chi connectivity index (χ1n) is 3.97. The summed E-state index contributed by atoms with van der Waals surface area (Å²) in [5, 5.41) is 9.34. The van der Waals surface area contributed by atoms with E-state index >= 15 is 0 Å². The van der Waals surface area contributed by atoms with Crippen LogP contribution >= 0.6 is 0 Å². The largest absolute Gasteiger partial charge is 0.507 e. The Bertz CT molecular complexity index is 341. The molecule has 3 N–H and O–H groups in total. The van der Waals surface area contributed by atoms with Gasteiger partial charge >= 0.3 is 0 Å². The monoisotopic (exact) mass is 205 g/mol. The van der Waals surface area contributed by atoms with E-state index in [0.29, 0.717) is 0 Å². The zero-order valence-corrected chi connectivity index (χ0v) is 7.47. The number of benzene rings is 1. The molecule has 0 aromatic heterocycles. The molecular weight excluding hydrogens is 195 g/mol. The van der Waals surface area contributed by atoms with Crippen molar-refractivity contribution in [2.45, 2.75) is 19.4 Å². The molecule has 0 fully saturated rings. The molecular formula is C9H10F3NO. The van der Waals surface area contributed by atoms with Gasteiger partial charge in [0.2, 0.25) is 0 Å². The van der Waals surface area contributed by atoms with Crippen molar-refractivity contribution < 1.29 is 18.3 Å². The molecule has 0 bridgehead atoms. The minimum atomic E-state index is -2.79. The van der Waals surface area contributed by atoms with Crippen molar-refractivity contribution in [3.05, 3.63) is 29.1 Å². The Kier molecular flexibility index (Phi) is 3.00. The molecule has 0 saturated carbocycles. The average Bonchev–Trinajstić information content (AvgIpc) is 2.13. The van der Waals surface area contributed by atoms with Gasteiger partial charge in [0.25, 0.3) is 6.43 Å². The first kappa shape index (κ1) is 10.8. The number of rotatable bonds is 2. The molecule has 78 valence electrons. The minimum Gasteiger partial charge on any atom is -0.507 e. The van der Waals surface area contributed by atoms with Gasteiger partial charge in [-0.15, -0.1) is 0 Å². The molecule has 0 aliphatic heterocycles. The Morgan fingerprint density at radius 3 is 2.43 bits per heavy atom. The lowest BCUT2D eigenvalue weighted by Gasteiger charge is -2.14. The van der Waals surface area contributed by atoms with Gasteiger partial charge in [-0.25, -0.2) is 13.2 Å². The third-order valence-electron chi connectivity index (χ3n) is 2.03. The minimum absolute atomic E-state index is 0.0707. The van der Waals surface area contributed by atoms with Gasteiger partial charge in [-0.2, -0.15) is 0 Å². The van der Waals surface area contributed by atoms with Crippen molar-refractivity contribution in [1.82, 2.24) is 0 Å². The molecule has 0 radical (unpaired) electrons. The number of hydrogen-bond acceptors (Lipinski definition) is 2. The van der Waals surface area contributed by atoms with E-state index in [9.17, 15) is 18.3 Å². The molecule has 0 amide bonds. The Labute approximate surface area is 79.2 Å². The molecule has 14 heavy (non-hydrogen) atoms. The first-order chi connectivity index (χ1) is 6.45. The normalized spacial score (nSPS) is 13.3. The second kappa shape index (κ2) is 3.88. The van der Waals surface area contributed by atoms with Gasteiger partial charge in [-0.1, -0.05) is 6.07 Å². The molecule has 0 heterocycles. The molecule has 0 aliphatic carbocycles. The number of alkyl halides is 2. The van der Waals surface area contributed by atoms with Crippen LogP contribution in [0.1, 0.15) is 17.2 Å². The van der Waals surface area contributed by atoms with Crippen molar-refractivity contribution in [2.75, 3.05) is 0 Å². The second-order valence-corrected chi connectivity index (χ2v) is 2.97. The summed E-state index contributed by atoms with van der Waals surface area (Å²) in [5.41, 5.74) is 4.91. The molecule has 5 heteroatoms. The summed E-state index contributed by atoms with van der Waals surface area (Å²) in [6.07, 6.45) is -2.79. The van der Waals surface area contributed by atoms with Crippen molar-refractivity contribution >= 4 is 0 Å². The SMILES string of the molecule is Cc1c(F)ccc(C(N)C(F)F)c1O. The molecule has 1 atom stereocenters. The molecule has 2 nitrogen and oxygen atoms in total. The zero-order chi connectivity index (χ0) is 10.9. The fourth-order valence-electron chi connectivity index (χ4n) is 1.10. The number of halogens is 3. The van der Waals surface area contributed by atoms with E-state index in [0.717, 1.165) is 12.1 Å². The van der Waals surface area contributed by atoms with E-state index in [1.165, 1.54) is 6.92 Å². The maximum Gasteiger partial charge on any atom is 0.257 e. The van der Waals surface area contributed by atoms with Crippen LogP contribution in [0.3, 0.4) is 0 Å². The summed E-state index contributed by atoms with van der Waals surface area (Å²) in [6.45, 7) is 1.30. The van der Waals surface area contributed by atoms with Crippen LogP contribution < -0.4 is 5.73 Å². The molecule has 1 rings (SSSR count). The van der Waals surface area contributed by atoms with Gasteiger partial charge in [0.05, 0.1) is 6.04 Å². The Balaban J connectivity index is 3.17. The molecule has 1 unspecified atom stereocenters. The topological polar surface area (TPSA) is 46.2 Å². The number of phenolic OH excluding ortho intramolecular Hbond substituents is 1.